The minimum absolute atomic E-state index is 0.854. The molecule has 0 fully saturated rings. The van der Waals surface area contributed by atoms with Gasteiger partial charge in [-0.3, -0.25) is 0 Å². The van der Waals surface area contributed by atoms with E-state index in [-0.39, 0.29) is 0 Å². The molecule has 11 heavy (non-hydrogen) atoms. The van der Waals surface area contributed by atoms with E-state index < -0.39 is 13.3 Å². The van der Waals surface area contributed by atoms with E-state index in [9.17, 15) is 0 Å². The van der Waals surface area contributed by atoms with Crippen molar-refractivity contribution >= 4 is 13.3 Å². The van der Waals surface area contributed by atoms with Gasteiger partial charge in [0.15, 0.2) is 0 Å². The molecule has 0 bridgehead atoms. The number of allylic oxidation sites excluding steroid dienone is 1. The van der Waals surface area contributed by atoms with Crippen molar-refractivity contribution in [3.05, 3.63) is 11.0 Å². The Balaban J connectivity index is 3.46. The Kier molecular flexibility index (Phi) is 5.15. The quantitative estimate of drug-likeness (QED) is 0.624. The Morgan fingerprint density at radius 2 is 1.73 bits per heavy atom. The van der Waals surface area contributed by atoms with E-state index in [2.05, 4.69) is 42.1 Å². The van der Waals surface area contributed by atoms with Gasteiger partial charge in [-0.2, -0.15) is 0 Å². The van der Waals surface area contributed by atoms with Gasteiger partial charge in [-0.15, -0.1) is 0 Å². The normalized spacial score (nSPS) is 13.3. The Bertz CT molecular complexity index is 117. The SMILES string of the molecule is CC(C)CC/C=[CH]\[Ge]([CH3])([CH3])[CH3]. The number of hydrogen-bond acceptors (Lipinski definition) is 0. The molecule has 0 saturated heterocycles. The van der Waals surface area contributed by atoms with Gasteiger partial charge in [0, 0.05) is 0 Å². The first-order chi connectivity index (χ1) is 4.92. The molecule has 0 aromatic rings. The van der Waals surface area contributed by atoms with E-state index in [0.29, 0.717) is 0 Å². The molecule has 0 aromatic heterocycles. The van der Waals surface area contributed by atoms with Crippen LogP contribution in [-0.4, -0.2) is 13.3 Å². The van der Waals surface area contributed by atoms with Gasteiger partial charge >= 0.3 is 74.1 Å². The van der Waals surface area contributed by atoms with Crippen LogP contribution in [0.3, 0.4) is 0 Å². The van der Waals surface area contributed by atoms with Crippen LogP contribution in [-0.2, 0) is 0 Å². The average molecular weight is 215 g/mol. The fraction of sp³-hybridized carbons (Fsp3) is 0.800. The molecular weight excluding hydrogens is 193 g/mol. The fourth-order valence-corrected chi connectivity index (χ4v) is 2.70. The topological polar surface area (TPSA) is 0 Å². The zero-order chi connectivity index (χ0) is 8.91. The predicted octanol–water partition coefficient (Wildman–Crippen LogP) is 3.86. The van der Waals surface area contributed by atoms with Gasteiger partial charge < -0.3 is 0 Å². The van der Waals surface area contributed by atoms with Crippen LogP contribution in [0.1, 0.15) is 26.7 Å². The molecule has 0 heterocycles. The van der Waals surface area contributed by atoms with Gasteiger partial charge in [0.2, 0.25) is 0 Å². The third-order valence-corrected chi connectivity index (χ3v) is 4.12. The molecule has 0 rings (SSSR count). The Morgan fingerprint density at radius 1 is 1.18 bits per heavy atom. The van der Waals surface area contributed by atoms with Gasteiger partial charge in [-0.1, -0.05) is 0 Å². The molecule has 0 N–H and O–H groups in total. The van der Waals surface area contributed by atoms with Crippen molar-refractivity contribution in [3.63, 3.8) is 0 Å². The Hall–Kier alpha value is 0.283. The summed E-state index contributed by atoms with van der Waals surface area (Å²) < 4.78 is 0. The third kappa shape index (κ3) is 10.3. The first-order valence-electron chi connectivity index (χ1n) is 4.59. The first kappa shape index (κ1) is 11.3. The van der Waals surface area contributed by atoms with E-state index >= 15 is 0 Å². The summed E-state index contributed by atoms with van der Waals surface area (Å²) >= 11 is -1.35. The third-order valence-electron chi connectivity index (χ3n) is 1.53. The van der Waals surface area contributed by atoms with E-state index in [1.165, 1.54) is 12.8 Å². The van der Waals surface area contributed by atoms with E-state index in [1.54, 1.807) is 0 Å². The summed E-state index contributed by atoms with van der Waals surface area (Å²) in [4.78, 5) is 2.49. The second kappa shape index (κ2) is 5.02. The molecule has 0 saturated carbocycles. The molecule has 66 valence electrons. The molecule has 0 atom stereocenters. The van der Waals surface area contributed by atoms with E-state index in [4.69, 9.17) is 0 Å². The molecule has 0 amide bonds. The van der Waals surface area contributed by atoms with Crippen LogP contribution >= 0.6 is 0 Å². The van der Waals surface area contributed by atoms with Crippen LogP contribution in [0.5, 0.6) is 0 Å². The number of rotatable bonds is 4. The van der Waals surface area contributed by atoms with E-state index in [1.807, 2.05) is 0 Å². The molecule has 0 aliphatic rings. The summed E-state index contributed by atoms with van der Waals surface area (Å²) in [5.41, 5.74) is 0. The van der Waals surface area contributed by atoms with Gasteiger partial charge in [0.1, 0.15) is 0 Å². The summed E-state index contributed by atoms with van der Waals surface area (Å²) in [5.74, 6) is 8.12. The molecule has 0 unspecified atom stereocenters. The molecule has 0 aromatic carbocycles. The van der Waals surface area contributed by atoms with Gasteiger partial charge in [-0.25, -0.2) is 0 Å². The molecule has 0 aliphatic heterocycles. The second-order valence-electron chi connectivity index (χ2n) is 4.74. The van der Waals surface area contributed by atoms with Crippen LogP contribution in [0.25, 0.3) is 0 Å². The Morgan fingerprint density at radius 3 is 2.09 bits per heavy atom. The standard InChI is InChI=1S/C10H22Ge/c1-10(2)8-6-7-9-11(3,4)5/h7,9-10H,6,8H2,1-5H3/b9-7-. The van der Waals surface area contributed by atoms with Crippen LogP contribution in [0.2, 0.25) is 17.3 Å². The summed E-state index contributed by atoms with van der Waals surface area (Å²) in [6, 6.07) is 0. The zero-order valence-corrected chi connectivity index (χ0v) is 10.7. The van der Waals surface area contributed by atoms with Crippen LogP contribution in [0.4, 0.5) is 0 Å². The van der Waals surface area contributed by atoms with Crippen LogP contribution in [0.15, 0.2) is 11.0 Å². The summed E-state index contributed by atoms with van der Waals surface area (Å²) in [5, 5.41) is 0. The fourth-order valence-electron chi connectivity index (χ4n) is 0.866. The number of hydrogen-bond donors (Lipinski definition) is 0. The monoisotopic (exact) mass is 216 g/mol. The maximum atomic E-state index is 2.49. The van der Waals surface area contributed by atoms with Crippen molar-refractivity contribution in [2.75, 3.05) is 0 Å². The van der Waals surface area contributed by atoms with Crippen molar-refractivity contribution in [3.8, 4) is 0 Å². The van der Waals surface area contributed by atoms with Crippen molar-refractivity contribution in [2.45, 2.75) is 44.0 Å². The molecule has 0 spiro atoms. The molecule has 1 heteroatoms. The summed E-state index contributed by atoms with van der Waals surface area (Å²) in [6.07, 6.45) is 5.01. The van der Waals surface area contributed by atoms with Gasteiger partial charge in [-0.05, 0) is 0 Å². The molecule has 0 nitrogen and oxygen atoms in total. The molecule has 0 aliphatic carbocycles. The average Bonchev–Trinajstić information content (AvgIpc) is 1.78. The minimum atomic E-state index is -1.35. The van der Waals surface area contributed by atoms with Crippen molar-refractivity contribution < 1.29 is 0 Å². The van der Waals surface area contributed by atoms with Crippen molar-refractivity contribution in [2.24, 2.45) is 5.92 Å². The van der Waals surface area contributed by atoms with Crippen molar-refractivity contribution in [1.29, 1.82) is 0 Å². The van der Waals surface area contributed by atoms with Crippen LogP contribution < -0.4 is 0 Å². The first-order valence-corrected chi connectivity index (χ1v) is 12.1. The Labute approximate surface area is 74.4 Å². The van der Waals surface area contributed by atoms with E-state index in [0.717, 1.165) is 5.92 Å². The predicted molar refractivity (Wildman–Crippen MR) is 56.6 cm³/mol. The van der Waals surface area contributed by atoms with Crippen molar-refractivity contribution in [1.82, 2.24) is 0 Å². The summed E-state index contributed by atoms with van der Waals surface area (Å²) in [7, 11) is 0. The summed E-state index contributed by atoms with van der Waals surface area (Å²) in [6.45, 7) is 4.57. The molecule has 0 radical (unpaired) electrons. The van der Waals surface area contributed by atoms with Crippen LogP contribution in [0, 0.1) is 5.92 Å². The zero-order valence-electron chi connectivity index (χ0n) is 8.65. The van der Waals surface area contributed by atoms with Gasteiger partial charge in [0.05, 0.1) is 0 Å². The second-order valence-corrected chi connectivity index (χ2v) is 15.4. The maximum absolute atomic E-state index is 2.49. The molecular formula is C10H22Ge. The van der Waals surface area contributed by atoms with Gasteiger partial charge in [0.25, 0.3) is 0 Å².